The molecule has 0 spiro atoms. The Hall–Kier alpha value is -1.85. The van der Waals surface area contributed by atoms with Crippen LogP contribution in [0.2, 0.25) is 0 Å². The van der Waals surface area contributed by atoms with E-state index in [-0.39, 0.29) is 5.91 Å². The number of nitrogens with zero attached hydrogens (tertiary/aromatic N) is 2. The van der Waals surface area contributed by atoms with Gasteiger partial charge in [-0.25, -0.2) is 0 Å². The van der Waals surface area contributed by atoms with Crippen LogP contribution in [0.4, 0.5) is 5.69 Å². The highest BCUT2D eigenvalue weighted by molar-refractivity contribution is 7.14. The van der Waals surface area contributed by atoms with Crippen molar-refractivity contribution in [2.75, 3.05) is 18.0 Å². The van der Waals surface area contributed by atoms with E-state index < -0.39 is 0 Å². The fourth-order valence-corrected chi connectivity index (χ4v) is 5.38. The minimum Gasteiger partial charge on any atom is -0.369 e. The molecular formula is C21H27N3OS. The zero-order valence-electron chi connectivity index (χ0n) is 15.6. The second-order valence-electron chi connectivity index (χ2n) is 7.69. The Morgan fingerprint density at radius 2 is 2.12 bits per heavy atom. The number of fused-ring (bicyclic) bond motifs is 1. The molecule has 1 saturated heterocycles. The molecule has 1 aromatic carbocycles. The predicted molar refractivity (Wildman–Crippen MR) is 108 cm³/mol. The second-order valence-corrected chi connectivity index (χ2v) is 8.81. The van der Waals surface area contributed by atoms with Crippen molar-refractivity contribution in [3.63, 3.8) is 0 Å². The van der Waals surface area contributed by atoms with Gasteiger partial charge in [-0.2, -0.15) is 0 Å². The van der Waals surface area contributed by atoms with Crippen LogP contribution in [-0.2, 0) is 13.0 Å². The predicted octanol–water partition coefficient (Wildman–Crippen LogP) is 3.96. The number of hydrogen-bond donors (Lipinski definition) is 1. The van der Waals surface area contributed by atoms with Crippen LogP contribution < -0.4 is 10.6 Å². The van der Waals surface area contributed by atoms with Crippen LogP contribution in [-0.4, -0.2) is 29.9 Å². The van der Waals surface area contributed by atoms with Crippen molar-refractivity contribution in [1.29, 1.82) is 0 Å². The van der Waals surface area contributed by atoms with Gasteiger partial charge in [-0.15, -0.1) is 11.3 Å². The molecule has 138 valence electrons. The average molecular weight is 370 g/mol. The van der Waals surface area contributed by atoms with Crippen molar-refractivity contribution in [3.05, 3.63) is 51.2 Å². The largest absolute Gasteiger partial charge is 0.369 e. The molecule has 4 rings (SSSR count). The molecule has 2 aliphatic heterocycles. The van der Waals surface area contributed by atoms with Gasteiger partial charge < -0.3 is 10.6 Å². The van der Waals surface area contributed by atoms with Crippen molar-refractivity contribution in [1.82, 2.24) is 4.90 Å². The fraction of sp³-hybridized carbons (Fsp3) is 0.476. The standard InChI is InChI=1S/C21H27N3OS/c1-14(2)24-11-9-16-12-15(5-6-17(16)24)13-23-10-3-4-18(23)19-7-8-20(26-19)21(22)25/h5-8,12,14,18H,3-4,9-11,13H2,1-2H3,(H2,22,25). The lowest BCUT2D eigenvalue weighted by molar-refractivity contribution is 0.100. The van der Waals surface area contributed by atoms with Crippen LogP contribution in [0.1, 0.15) is 58.4 Å². The Kier molecular flexibility index (Phi) is 4.76. The molecule has 5 heteroatoms. The third kappa shape index (κ3) is 3.26. The van der Waals surface area contributed by atoms with Gasteiger partial charge in [0.2, 0.25) is 0 Å². The molecule has 4 nitrogen and oxygen atoms in total. The number of primary amides is 1. The lowest BCUT2D eigenvalue weighted by Crippen LogP contribution is -2.28. The number of carbonyl (C=O) groups excluding carboxylic acids is 1. The van der Waals surface area contributed by atoms with Crippen molar-refractivity contribution < 1.29 is 4.79 Å². The zero-order valence-corrected chi connectivity index (χ0v) is 16.4. The smallest absolute Gasteiger partial charge is 0.258 e. The van der Waals surface area contributed by atoms with Crippen molar-refractivity contribution in [2.24, 2.45) is 5.73 Å². The molecule has 0 bridgehead atoms. The van der Waals surface area contributed by atoms with Gasteiger partial charge >= 0.3 is 0 Å². The third-order valence-electron chi connectivity index (χ3n) is 5.65. The number of thiophene rings is 1. The van der Waals surface area contributed by atoms with Crippen LogP contribution in [0, 0.1) is 0 Å². The zero-order chi connectivity index (χ0) is 18.3. The summed E-state index contributed by atoms with van der Waals surface area (Å²) in [6, 6.07) is 11.9. The normalized spacial score (nSPS) is 20.1. The first-order chi connectivity index (χ1) is 12.5. The van der Waals surface area contributed by atoms with Gasteiger partial charge in [0.15, 0.2) is 0 Å². The van der Waals surface area contributed by atoms with E-state index in [2.05, 4.69) is 47.9 Å². The summed E-state index contributed by atoms with van der Waals surface area (Å²) < 4.78 is 0. The maximum Gasteiger partial charge on any atom is 0.258 e. The molecule has 2 N–H and O–H groups in total. The Morgan fingerprint density at radius 1 is 1.27 bits per heavy atom. The third-order valence-corrected chi connectivity index (χ3v) is 6.85. The van der Waals surface area contributed by atoms with E-state index in [1.54, 1.807) is 11.3 Å². The number of rotatable bonds is 5. The summed E-state index contributed by atoms with van der Waals surface area (Å²) in [5, 5.41) is 0. The van der Waals surface area contributed by atoms with E-state index in [9.17, 15) is 4.79 Å². The number of amides is 1. The van der Waals surface area contributed by atoms with Gasteiger partial charge in [0.1, 0.15) is 0 Å². The van der Waals surface area contributed by atoms with Crippen molar-refractivity contribution >= 4 is 22.9 Å². The van der Waals surface area contributed by atoms with Crippen molar-refractivity contribution in [2.45, 2.75) is 51.7 Å². The van der Waals surface area contributed by atoms with E-state index in [0.29, 0.717) is 17.0 Å². The molecule has 0 radical (unpaired) electrons. The highest BCUT2D eigenvalue weighted by Gasteiger charge is 2.28. The molecule has 0 aliphatic carbocycles. The Bertz CT molecular complexity index is 813. The summed E-state index contributed by atoms with van der Waals surface area (Å²) in [6.07, 6.45) is 3.52. The number of anilines is 1. The molecule has 1 aromatic heterocycles. The van der Waals surface area contributed by atoms with E-state index in [4.69, 9.17) is 5.73 Å². The molecule has 1 unspecified atom stereocenters. The van der Waals surface area contributed by atoms with Crippen LogP contribution in [0.5, 0.6) is 0 Å². The molecular weight excluding hydrogens is 342 g/mol. The minimum atomic E-state index is -0.320. The maximum absolute atomic E-state index is 11.4. The first-order valence-corrected chi connectivity index (χ1v) is 10.4. The highest BCUT2D eigenvalue weighted by atomic mass is 32.1. The molecule has 1 amide bonds. The number of benzene rings is 1. The summed E-state index contributed by atoms with van der Waals surface area (Å²) in [5.74, 6) is -0.320. The topological polar surface area (TPSA) is 49.6 Å². The maximum atomic E-state index is 11.4. The number of hydrogen-bond acceptors (Lipinski definition) is 4. The summed E-state index contributed by atoms with van der Waals surface area (Å²) in [6.45, 7) is 7.75. The number of nitrogens with two attached hydrogens (primary N) is 1. The van der Waals surface area contributed by atoms with E-state index in [0.717, 1.165) is 32.5 Å². The summed E-state index contributed by atoms with van der Waals surface area (Å²) >= 11 is 1.55. The quantitative estimate of drug-likeness (QED) is 0.868. The minimum absolute atomic E-state index is 0.320. The van der Waals surface area contributed by atoms with E-state index >= 15 is 0 Å². The lowest BCUT2D eigenvalue weighted by atomic mass is 10.1. The van der Waals surface area contributed by atoms with Crippen LogP contribution in [0.3, 0.4) is 0 Å². The molecule has 26 heavy (non-hydrogen) atoms. The Balaban J connectivity index is 1.50. The van der Waals surface area contributed by atoms with Crippen LogP contribution >= 0.6 is 11.3 Å². The molecule has 1 fully saturated rings. The highest BCUT2D eigenvalue weighted by Crippen LogP contribution is 2.37. The molecule has 3 heterocycles. The van der Waals surface area contributed by atoms with E-state index in [1.807, 2.05) is 6.07 Å². The van der Waals surface area contributed by atoms with E-state index in [1.165, 1.54) is 28.1 Å². The lowest BCUT2D eigenvalue weighted by Gasteiger charge is -2.25. The van der Waals surface area contributed by atoms with Crippen LogP contribution in [0.15, 0.2) is 30.3 Å². The summed E-state index contributed by atoms with van der Waals surface area (Å²) in [5.41, 5.74) is 9.71. The molecule has 1 atom stereocenters. The summed E-state index contributed by atoms with van der Waals surface area (Å²) in [4.78, 5) is 18.4. The molecule has 2 aliphatic rings. The molecule has 2 aromatic rings. The first kappa shape index (κ1) is 17.6. The van der Waals surface area contributed by atoms with Gasteiger partial charge in [-0.1, -0.05) is 12.1 Å². The second kappa shape index (κ2) is 7.05. The summed E-state index contributed by atoms with van der Waals surface area (Å²) in [7, 11) is 0. The molecule has 0 saturated carbocycles. The monoisotopic (exact) mass is 369 g/mol. The first-order valence-electron chi connectivity index (χ1n) is 9.55. The number of carbonyl (C=O) groups is 1. The van der Waals surface area contributed by atoms with Gasteiger partial charge in [0, 0.05) is 35.7 Å². The van der Waals surface area contributed by atoms with Crippen molar-refractivity contribution in [3.8, 4) is 0 Å². The Morgan fingerprint density at radius 3 is 2.85 bits per heavy atom. The van der Waals surface area contributed by atoms with Gasteiger partial charge in [-0.3, -0.25) is 9.69 Å². The van der Waals surface area contributed by atoms with Crippen LogP contribution in [0.25, 0.3) is 0 Å². The van der Waals surface area contributed by atoms with Gasteiger partial charge in [-0.05, 0) is 69.0 Å². The fourth-order valence-electron chi connectivity index (χ4n) is 4.35. The van der Waals surface area contributed by atoms with Gasteiger partial charge in [0.05, 0.1) is 4.88 Å². The Labute approximate surface area is 159 Å². The SMILES string of the molecule is CC(C)N1CCc2cc(CN3CCCC3c3ccc(C(N)=O)s3)ccc21. The van der Waals surface area contributed by atoms with Gasteiger partial charge in [0.25, 0.3) is 5.91 Å². The average Bonchev–Trinajstić information content (AvgIpc) is 3.33. The number of likely N-dealkylation sites (tertiary alicyclic amines) is 1.